The standard InChI is InChI=1S/C21H22N2O4S/c1-3-27-18-8-7-14(2)13-16(18)21(10-11-21)20(24)23-28(25,26)19-6-4-5-17-15(19)9-12-22-17/h4-9,12-13,22H,3,10-11H2,1-2H3,(H,23,24). The lowest BCUT2D eigenvalue weighted by Gasteiger charge is -2.20. The summed E-state index contributed by atoms with van der Waals surface area (Å²) < 4.78 is 33.9. The van der Waals surface area contributed by atoms with Crippen LogP contribution in [0.5, 0.6) is 5.75 Å². The van der Waals surface area contributed by atoms with Gasteiger partial charge < -0.3 is 9.72 Å². The van der Waals surface area contributed by atoms with E-state index in [9.17, 15) is 13.2 Å². The second kappa shape index (κ2) is 6.67. The van der Waals surface area contributed by atoms with Crippen molar-refractivity contribution in [1.82, 2.24) is 9.71 Å². The molecule has 0 saturated heterocycles. The molecule has 4 rings (SSSR count). The summed E-state index contributed by atoms with van der Waals surface area (Å²) in [6.45, 7) is 4.30. The highest BCUT2D eigenvalue weighted by Gasteiger charge is 2.54. The Morgan fingerprint density at radius 2 is 2.00 bits per heavy atom. The lowest BCUT2D eigenvalue weighted by molar-refractivity contribution is -0.121. The largest absolute Gasteiger partial charge is 0.494 e. The second-order valence-electron chi connectivity index (χ2n) is 7.14. The van der Waals surface area contributed by atoms with Gasteiger partial charge in [0.05, 0.1) is 16.9 Å². The van der Waals surface area contributed by atoms with Crippen molar-refractivity contribution < 1.29 is 17.9 Å². The molecule has 1 aliphatic rings. The Bertz CT molecular complexity index is 1160. The van der Waals surface area contributed by atoms with E-state index in [-0.39, 0.29) is 4.90 Å². The van der Waals surface area contributed by atoms with E-state index in [0.29, 0.717) is 36.1 Å². The highest BCUT2D eigenvalue weighted by molar-refractivity contribution is 7.90. The van der Waals surface area contributed by atoms with Crippen molar-refractivity contribution in [2.24, 2.45) is 0 Å². The second-order valence-corrected chi connectivity index (χ2v) is 8.80. The van der Waals surface area contributed by atoms with E-state index >= 15 is 0 Å². The lowest BCUT2D eigenvalue weighted by Crippen LogP contribution is -2.39. The first kappa shape index (κ1) is 18.6. The summed E-state index contributed by atoms with van der Waals surface area (Å²) in [5.41, 5.74) is 1.59. The van der Waals surface area contributed by atoms with Crippen molar-refractivity contribution in [2.75, 3.05) is 6.61 Å². The van der Waals surface area contributed by atoms with Crippen molar-refractivity contribution in [3.63, 3.8) is 0 Å². The zero-order valence-corrected chi connectivity index (χ0v) is 16.6. The molecule has 0 unspecified atom stereocenters. The topological polar surface area (TPSA) is 88.3 Å². The summed E-state index contributed by atoms with van der Waals surface area (Å²) in [4.78, 5) is 16.2. The number of fused-ring (bicyclic) bond motifs is 1. The third-order valence-electron chi connectivity index (χ3n) is 5.21. The molecule has 0 radical (unpaired) electrons. The summed E-state index contributed by atoms with van der Waals surface area (Å²) in [5, 5.41) is 0.554. The molecule has 1 aliphatic carbocycles. The third-order valence-corrected chi connectivity index (χ3v) is 6.60. The fourth-order valence-electron chi connectivity index (χ4n) is 3.61. The predicted octanol–water partition coefficient (Wildman–Crippen LogP) is 3.41. The smallest absolute Gasteiger partial charge is 0.264 e. The number of H-pyrrole nitrogens is 1. The van der Waals surface area contributed by atoms with Crippen molar-refractivity contribution in [3.8, 4) is 5.75 Å². The molecule has 2 N–H and O–H groups in total. The van der Waals surface area contributed by atoms with Crippen LogP contribution < -0.4 is 9.46 Å². The molecular weight excluding hydrogens is 376 g/mol. The molecule has 1 fully saturated rings. The van der Waals surface area contributed by atoms with Gasteiger partial charge in [-0.1, -0.05) is 23.8 Å². The van der Waals surface area contributed by atoms with E-state index in [0.717, 1.165) is 11.1 Å². The van der Waals surface area contributed by atoms with Crippen LogP contribution in [0.4, 0.5) is 0 Å². The van der Waals surface area contributed by atoms with Gasteiger partial charge in [-0.15, -0.1) is 0 Å². The minimum atomic E-state index is -4.00. The normalized spacial score (nSPS) is 15.4. The van der Waals surface area contributed by atoms with E-state index in [2.05, 4.69) is 9.71 Å². The van der Waals surface area contributed by atoms with Crippen LogP contribution in [-0.4, -0.2) is 25.9 Å². The number of rotatable bonds is 6. The molecule has 0 bridgehead atoms. The number of aromatic nitrogens is 1. The molecule has 2 aromatic carbocycles. The summed E-state index contributed by atoms with van der Waals surface area (Å²) in [5.74, 6) is 0.123. The SMILES string of the molecule is CCOc1ccc(C)cc1C1(C(=O)NS(=O)(=O)c2cccc3[nH]ccc23)CC1. The van der Waals surface area contributed by atoms with Gasteiger partial charge in [-0.2, -0.15) is 0 Å². The van der Waals surface area contributed by atoms with Gasteiger partial charge in [0.2, 0.25) is 5.91 Å². The molecule has 6 nitrogen and oxygen atoms in total. The first-order valence-electron chi connectivity index (χ1n) is 9.25. The Morgan fingerprint density at radius 3 is 2.71 bits per heavy atom. The average Bonchev–Trinajstić information content (AvgIpc) is 3.33. The number of hydrogen-bond donors (Lipinski definition) is 2. The van der Waals surface area contributed by atoms with Crippen molar-refractivity contribution in [1.29, 1.82) is 0 Å². The van der Waals surface area contributed by atoms with Gasteiger partial charge in [-0.25, -0.2) is 13.1 Å². The van der Waals surface area contributed by atoms with Gasteiger partial charge in [-0.05, 0) is 51.0 Å². The van der Waals surface area contributed by atoms with Crippen LogP contribution in [0.3, 0.4) is 0 Å². The molecule has 1 amide bonds. The lowest BCUT2D eigenvalue weighted by atomic mass is 9.93. The van der Waals surface area contributed by atoms with Crippen molar-refractivity contribution >= 4 is 26.8 Å². The maximum Gasteiger partial charge on any atom is 0.264 e. The van der Waals surface area contributed by atoms with Crippen LogP contribution in [0.15, 0.2) is 53.6 Å². The van der Waals surface area contributed by atoms with Gasteiger partial charge in [0.15, 0.2) is 0 Å². The Labute approximate surface area is 164 Å². The molecule has 1 heterocycles. The Balaban J connectivity index is 1.69. The molecule has 0 atom stereocenters. The number of sulfonamides is 1. The van der Waals surface area contributed by atoms with E-state index in [1.807, 2.05) is 32.0 Å². The van der Waals surface area contributed by atoms with Gasteiger partial charge >= 0.3 is 0 Å². The van der Waals surface area contributed by atoms with Gasteiger partial charge in [0.25, 0.3) is 10.0 Å². The van der Waals surface area contributed by atoms with Crippen molar-refractivity contribution in [2.45, 2.75) is 37.0 Å². The molecule has 1 saturated carbocycles. The number of carbonyl (C=O) groups is 1. The number of carbonyl (C=O) groups excluding carboxylic acids is 1. The van der Waals surface area contributed by atoms with Gasteiger partial charge in [-0.3, -0.25) is 4.79 Å². The number of hydrogen-bond acceptors (Lipinski definition) is 4. The zero-order chi connectivity index (χ0) is 19.9. The first-order chi connectivity index (χ1) is 13.4. The van der Waals surface area contributed by atoms with Crippen LogP contribution in [-0.2, 0) is 20.2 Å². The number of aromatic amines is 1. The van der Waals surface area contributed by atoms with E-state index in [4.69, 9.17) is 4.74 Å². The number of nitrogens with one attached hydrogen (secondary N) is 2. The highest BCUT2D eigenvalue weighted by atomic mass is 32.2. The first-order valence-corrected chi connectivity index (χ1v) is 10.7. The van der Waals surface area contributed by atoms with E-state index in [1.54, 1.807) is 24.4 Å². The van der Waals surface area contributed by atoms with Crippen LogP contribution in [0.1, 0.15) is 30.9 Å². The summed E-state index contributed by atoms with van der Waals surface area (Å²) in [6, 6.07) is 12.3. The summed E-state index contributed by atoms with van der Waals surface area (Å²) in [7, 11) is -4.00. The Hall–Kier alpha value is -2.80. The van der Waals surface area contributed by atoms with Crippen LogP contribution in [0, 0.1) is 6.92 Å². The number of ether oxygens (including phenoxy) is 1. The fourth-order valence-corrected chi connectivity index (χ4v) is 4.88. The molecule has 0 aliphatic heterocycles. The number of benzene rings is 2. The number of aryl methyl sites for hydroxylation is 1. The average molecular weight is 398 g/mol. The minimum Gasteiger partial charge on any atom is -0.494 e. The highest BCUT2D eigenvalue weighted by Crippen LogP contribution is 2.52. The maximum atomic E-state index is 13.1. The zero-order valence-electron chi connectivity index (χ0n) is 15.8. The van der Waals surface area contributed by atoms with E-state index in [1.165, 1.54) is 6.07 Å². The quantitative estimate of drug-likeness (QED) is 0.666. The molecule has 28 heavy (non-hydrogen) atoms. The summed E-state index contributed by atoms with van der Waals surface area (Å²) in [6.07, 6.45) is 2.85. The van der Waals surface area contributed by atoms with Crippen molar-refractivity contribution in [3.05, 3.63) is 59.8 Å². The van der Waals surface area contributed by atoms with Gasteiger partial charge in [0.1, 0.15) is 5.75 Å². The van der Waals surface area contributed by atoms with Crippen LogP contribution >= 0.6 is 0 Å². The Kier molecular flexibility index (Phi) is 4.42. The predicted molar refractivity (Wildman–Crippen MR) is 107 cm³/mol. The monoisotopic (exact) mass is 398 g/mol. The molecule has 0 spiro atoms. The minimum absolute atomic E-state index is 0.0877. The molecular formula is C21H22N2O4S. The molecule has 146 valence electrons. The molecule has 1 aromatic heterocycles. The fraction of sp³-hybridized carbons (Fsp3) is 0.286. The van der Waals surface area contributed by atoms with Crippen LogP contribution in [0.25, 0.3) is 10.9 Å². The van der Waals surface area contributed by atoms with E-state index < -0.39 is 21.3 Å². The number of amides is 1. The van der Waals surface area contributed by atoms with Gasteiger partial charge in [0, 0.05) is 22.7 Å². The third kappa shape index (κ3) is 3.05. The maximum absolute atomic E-state index is 13.1. The summed E-state index contributed by atoms with van der Waals surface area (Å²) >= 11 is 0. The molecule has 3 aromatic rings. The van der Waals surface area contributed by atoms with Crippen LogP contribution in [0.2, 0.25) is 0 Å². The Morgan fingerprint density at radius 1 is 1.21 bits per heavy atom. The molecule has 7 heteroatoms.